The Morgan fingerprint density at radius 1 is 1.07 bits per heavy atom. The fourth-order valence-electron chi connectivity index (χ4n) is 2.88. The van der Waals surface area contributed by atoms with Crippen LogP contribution in [-0.2, 0) is 6.61 Å². The molecule has 3 aromatic carbocycles. The number of anilines is 1. The number of hydrogen-bond acceptors (Lipinski definition) is 3. The first kappa shape index (κ1) is 22.2. The second kappa shape index (κ2) is 10.0. The van der Waals surface area contributed by atoms with Gasteiger partial charge in [0.25, 0.3) is 5.91 Å². The number of amides is 1. The summed E-state index contributed by atoms with van der Waals surface area (Å²) in [6, 6.07) is 17.0. The third-order valence-electron chi connectivity index (χ3n) is 4.59. The van der Waals surface area contributed by atoms with Gasteiger partial charge >= 0.3 is 0 Å². The summed E-state index contributed by atoms with van der Waals surface area (Å²) in [4.78, 5) is 12.8. The Labute approximate surface area is 190 Å². The van der Waals surface area contributed by atoms with Crippen molar-refractivity contribution in [2.45, 2.75) is 27.4 Å². The molecule has 0 saturated carbocycles. The average molecular weight is 489 g/mol. The summed E-state index contributed by atoms with van der Waals surface area (Å²) < 4.78 is 12.4. The molecule has 0 aliphatic heterocycles. The molecular formula is C24H23BrClNO3. The molecule has 156 valence electrons. The molecule has 0 bridgehead atoms. The van der Waals surface area contributed by atoms with Crippen molar-refractivity contribution in [2.24, 2.45) is 0 Å². The highest BCUT2D eigenvalue weighted by molar-refractivity contribution is 9.10. The summed E-state index contributed by atoms with van der Waals surface area (Å²) >= 11 is 9.68. The van der Waals surface area contributed by atoms with E-state index in [1.54, 1.807) is 24.3 Å². The van der Waals surface area contributed by atoms with Crippen molar-refractivity contribution in [2.75, 3.05) is 11.9 Å². The molecule has 0 aliphatic rings. The molecule has 0 heterocycles. The van der Waals surface area contributed by atoms with E-state index in [4.69, 9.17) is 21.1 Å². The fraction of sp³-hybridized carbons (Fsp3) is 0.208. The molecule has 0 spiro atoms. The maximum absolute atomic E-state index is 12.8. The summed E-state index contributed by atoms with van der Waals surface area (Å²) in [5, 5.41) is 3.51. The van der Waals surface area contributed by atoms with Crippen LogP contribution in [0.4, 0.5) is 5.69 Å². The van der Waals surface area contributed by atoms with E-state index in [-0.39, 0.29) is 5.91 Å². The lowest BCUT2D eigenvalue weighted by molar-refractivity contribution is 0.102. The molecule has 0 atom stereocenters. The van der Waals surface area contributed by atoms with E-state index in [0.29, 0.717) is 45.5 Å². The van der Waals surface area contributed by atoms with Crippen LogP contribution in [0, 0.1) is 13.8 Å². The van der Waals surface area contributed by atoms with Crippen LogP contribution >= 0.6 is 27.5 Å². The monoisotopic (exact) mass is 487 g/mol. The van der Waals surface area contributed by atoms with Crippen LogP contribution in [0.15, 0.2) is 59.1 Å². The second-order valence-corrected chi connectivity index (χ2v) is 8.12. The summed E-state index contributed by atoms with van der Waals surface area (Å²) in [5.74, 6) is 0.812. The van der Waals surface area contributed by atoms with Gasteiger partial charge < -0.3 is 14.8 Å². The third-order valence-corrected chi connectivity index (χ3v) is 5.59. The Morgan fingerprint density at radius 3 is 2.50 bits per heavy atom. The Hall–Kier alpha value is -2.50. The lowest BCUT2D eigenvalue weighted by atomic mass is 10.1. The molecule has 30 heavy (non-hydrogen) atoms. The zero-order valence-electron chi connectivity index (χ0n) is 17.1. The van der Waals surface area contributed by atoms with Crippen molar-refractivity contribution in [3.05, 3.63) is 86.3 Å². The van der Waals surface area contributed by atoms with Gasteiger partial charge in [-0.3, -0.25) is 4.79 Å². The number of halogens is 2. The zero-order chi connectivity index (χ0) is 21.7. The highest BCUT2D eigenvalue weighted by Gasteiger charge is 2.17. The van der Waals surface area contributed by atoms with Gasteiger partial charge in [-0.1, -0.05) is 47.5 Å². The van der Waals surface area contributed by atoms with Crippen molar-refractivity contribution in [3.63, 3.8) is 0 Å². The molecule has 0 aromatic heterocycles. The minimum absolute atomic E-state index is 0.257. The van der Waals surface area contributed by atoms with Crippen LogP contribution in [0.5, 0.6) is 11.5 Å². The number of ether oxygens (including phenoxy) is 2. The first-order valence-corrected chi connectivity index (χ1v) is 10.8. The van der Waals surface area contributed by atoms with Crippen molar-refractivity contribution in [1.82, 2.24) is 0 Å². The van der Waals surface area contributed by atoms with Crippen molar-refractivity contribution in [3.8, 4) is 11.5 Å². The predicted molar refractivity (Wildman–Crippen MR) is 125 cm³/mol. The van der Waals surface area contributed by atoms with Crippen LogP contribution in [0.2, 0.25) is 5.02 Å². The second-order valence-electron chi connectivity index (χ2n) is 6.86. The van der Waals surface area contributed by atoms with Crippen molar-refractivity contribution in [1.29, 1.82) is 0 Å². The highest BCUT2D eigenvalue weighted by atomic mass is 79.9. The first-order chi connectivity index (χ1) is 14.4. The number of rotatable bonds is 7. The fourth-order valence-corrected chi connectivity index (χ4v) is 3.61. The van der Waals surface area contributed by atoms with Gasteiger partial charge in [-0.15, -0.1) is 0 Å². The maximum Gasteiger partial charge on any atom is 0.255 e. The first-order valence-electron chi connectivity index (χ1n) is 9.60. The van der Waals surface area contributed by atoms with Crippen LogP contribution in [0.25, 0.3) is 0 Å². The van der Waals surface area contributed by atoms with Gasteiger partial charge in [0.15, 0.2) is 11.5 Å². The lowest BCUT2D eigenvalue weighted by Crippen LogP contribution is -2.13. The largest absolute Gasteiger partial charge is 0.490 e. The Balaban J connectivity index is 1.83. The van der Waals surface area contributed by atoms with Gasteiger partial charge in [0.05, 0.1) is 11.1 Å². The van der Waals surface area contributed by atoms with E-state index in [9.17, 15) is 4.79 Å². The molecule has 3 rings (SSSR count). The molecule has 0 aliphatic carbocycles. The molecule has 1 N–H and O–H groups in total. The van der Waals surface area contributed by atoms with E-state index >= 15 is 0 Å². The Morgan fingerprint density at radius 2 is 1.80 bits per heavy atom. The van der Waals surface area contributed by atoms with E-state index in [2.05, 4.69) is 21.2 Å². The molecular weight excluding hydrogens is 466 g/mol. The summed E-state index contributed by atoms with van der Waals surface area (Å²) in [7, 11) is 0. The number of aryl methyl sites for hydroxylation is 1. The summed E-state index contributed by atoms with van der Waals surface area (Å²) in [6.07, 6.45) is 0. The minimum Gasteiger partial charge on any atom is -0.490 e. The number of carbonyl (C=O) groups excluding carboxylic acids is 1. The van der Waals surface area contributed by atoms with E-state index < -0.39 is 0 Å². The van der Waals surface area contributed by atoms with Gasteiger partial charge in [0.1, 0.15) is 6.61 Å². The average Bonchev–Trinajstić information content (AvgIpc) is 2.72. The van der Waals surface area contributed by atoms with E-state index in [0.717, 1.165) is 11.1 Å². The van der Waals surface area contributed by atoms with Crippen LogP contribution in [0.3, 0.4) is 0 Å². The normalized spacial score (nSPS) is 10.6. The molecule has 4 nitrogen and oxygen atoms in total. The number of nitrogens with one attached hydrogen (secondary N) is 1. The smallest absolute Gasteiger partial charge is 0.255 e. The molecule has 1 amide bonds. The molecule has 0 unspecified atom stereocenters. The van der Waals surface area contributed by atoms with Crippen molar-refractivity contribution >= 4 is 39.1 Å². The quantitative estimate of drug-likeness (QED) is 0.391. The van der Waals surface area contributed by atoms with Gasteiger partial charge in [0.2, 0.25) is 0 Å². The minimum atomic E-state index is -0.257. The van der Waals surface area contributed by atoms with Crippen LogP contribution < -0.4 is 14.8 Å². The number of benzene rings is 3. The van der Waals surface area contributed by atoms with Gasteiger partial charge in [0, 0.05) is 16.3 Å². The predicted octanol–water partition coefficient (Wildman–Crippen LogP) is 6.95. The van der Waals surface area contributed by atoms with E-state index in [1.165, 1.54) is 5.56 Å². The Kier molecular flexibility index (Phi) is 7.40. The number of hydrogen-bond donors (Lipinski definition) is 1. The molecule has 6 heteroatoms. The van der Waals surface area contributed by atoms with Crippen molar-refractivity contribution < 1.29 is 14.3 Å². The van der Waals surface area contributed by atoms with Crippen LogP contribution in [-0.4, -0.2) is 12.5 Å². The van der Waals surface area contributed by atoms with E-state index in [1.807, 2.05) is 51.1 Å². The molecule has 0 saturated heterocycles. The zero-order valence-corrected chi connectivity index (χ0v) is 19.4. The third kappa shape index (κ3) is 5.35. The number of carbonyl (C=O) groups is 1. The Bertz CT molecular complexity index is 1050. The highest BCUT2D eigenvalue weighted by Crippen LogP contribution is 2.38. The SMILES string of the molecule is CCOc1cc(C(=O)Nc2cccc(Cl)c2C)cc(Br)c1OCc1ccc(C)cc1. The van der Waals surface area contributed by atoms with Gasteiger partial charge in [-0.05, 0) is 72.1 Å². The summed E-state index contributed by atoms with van der Waals surface area (Å²) in [6.45, 7) is 6.64. The molecule has 0 fully saturated rings. The lowest BCUT2D eigenvalue weighted by Gasteiger charge is -2.16. The molecule has 3 aromatic rings. The van der Waals surface area contributed by atoms with Gasteiger partial charge in [-0.2, -0.15) is 0 Å². The van der Waals surface area contributed by atoms with Crippen LogP contribution in [0.1, 0.15) is 34.0 Å². The topological polar surface area (TPSA) is 47.6 Å². The molecule has 0 radical (unpaired) electrons. The summed E-state index contributed by atoms with van der Waals surface area (Å²) in [5.41, 5.74) is 4.18. The standard InChI is InChI=1S/C24H23BrClNO3/c1-4-29-22-13-18(24(28)27-21-7-5-6-20(26)16(21)3)12-19(25)23(22)30-14-17-10-8-15(2)9-11-17/h5-13H,4,14H2,1-3H3,(H,27,28). The van der Waals surface area contributed by atoms with Gasteiger partial charge in [-0.25, -0.2) is 0 Å². The maximum atomic E-state index is 12.8.